The SMILES string of the molecule is CC(C)C1CCC(N2CCC(N3C(=O)C(CC(=O)O)c4ccccc43)CC2)CC1.O=C(O)C(F)(F)F. The van der Waals surface area contributed by atoms with Crippen LogP contribution in [0.25, 0.3) is 0 Å². The molecule has 0 spiro atoms. The average Bonchev–Trinajstić information content (AvgIpc) is 3.10. The molecule has 1 saturated carbocycles. The van der Waals surface area contributed by atoms with E-state index in [0.29, 0.717) is 6.04 Å². The lowest BCUT2D eigenvalue weighted by molar-refractivity contribution is -0.192. The Morgan fingerprint density at radius 2 is 1.53 bits per heavy atom. The maximum atomic E-state index is 13.1. The number of halogens is 3. The Labute approximate surface area is 209 Å². The third kappa shape index (κ3) is 6.57. The quantitative estimate of drug-likeness (QED) is 0.582. The number of hydrogen-bond acceptors (Lipinski definition) is 4. The molecule has 4 rings (SSSR count). The summed E-state index contributed by atoms with van der Waals surface area (Å²) in [6.07, 6.45) is 2.05. The van der Waals surface area contributed by atoms with Crippen LogP contribution in [0.3, 0.4) is 0 Å². The van der Waals surface area contributed by atoms with Crippen molar-refractivity contribution in [3.05, 3.63) is 29.8 Å². The second-order valence-corrected chi connectivity index (χ2v) is 10.3. The third-order valence-electron chi connectivity index (χ3n) is 7.79. The fourth-order valence-electron chi connectivity index (χ4n) is 5.81. The van der Waals surface area contributed by atoms with E-state index in [1.807, 2.05) is 29.2 Å². The molecule has 2 heterocycles. The van der Waals surface area contributed by atoms with Gasteiger partial charge in [0.25, 0.3) is 0 Å². The number of aliphatic carboxylic acids is 2. The van der Waals surface area contributed by atoms with Crippen LogP contribution in [0.5, 0.6) is 0 Å². The van der Waals surface area contributed by atoms with Gasteiger partial charge in [0.2, 0.25) is 5.91 Å². The van der Waals surface area contributed by atoms with Gasteiger partial charge in [0.15, 0.2) is 0 Å². The number of rotatable bonds is 5. The van der Waals surface area contributed by atoms with Gasteiger partial charge in [0, 0.05) is 30.9 Å². The minimum Gasteiger partial charge on any atom is -0.481 e. The fourth-order valence-corrected chi connectivity index (χ4v) is 5.81. The maximum Gasteiger partial charge on any atom is 0.490 e. The summed E-state index contributed by atoms with van der Waals surface area (Å²) in [6, 6.07) is 8.64. The van der Waals surface area contributed by atoms with E-state index in [4.69, 9.17) is 9.90 Å². The van der Waals surface area contributed by atoms with Gasteiger partial charge in [-0.25, -0.2) is 4.79 Å². The molecule has 36 heavy (non-hydrogen) atoms. The zero-order valence-corrected chi connectivity index (χ0v) is 20.7. The summed E-state index contributed by atoms with van der Waals surface area (Å²) in [4.78, 5) is 37.9. The summed E-state index contributed by atoms with van der Waals surface area (Å²) >= 11 is 0. The molecule has 1 atom stereocenters. The standard InChI is InChI=1S/C24H34N2O3.C2HF3O2/c1-16(2)17-7-9-18(10-8-17)25-13-11-19(12-14-25)26-22-6-4-3-5-20(22)21(24(26)29)15-23(27)28;3-2(4,5)1(6)7/h3-6,16-19,21H,7-15H2,1-2H3,(H,27,28);(H,6,7). The predicted octanol–water partition coefficient (Wildman–Crippen LogP) is 4.90. The third-order valence-corrected chi connectivity index (χ3v) is 7.79. The lowest BCUT2D eigenvalue weighted by Gasteiger charge is -2.43. The molecular weight excluding hydrogens is 477 g/mol. The van der Waals surface area contributed by atoms with Gasteiger partial charge in [-0.1, -0.05) is 32.0 Å². The van der Waals surface area contributed by atoms with Crippen molar-refractivity contribution >= 4 is 23.5 Å². The predicted molar refractivity (Wildman–Crippen MR) is 128 cm³/mol. The molecule has 1 saturated heterocycles. The van der Waals surface area contributed by atoms with Crippen molar-refractivity contribution < 1.29 is 37.8 Å². The Hall–Kier alpha value is -2.62. The molecule has 1 aromatic carbocycles. The molecule has 2 fully saturated rings. The minimum absolute atomic E-state index is 0.0236. The van der Waals surface area contributed by atoms with E-state index in [1.165, 1.54) is 25.7 Å². The highest BCUT2D eigenvalue weighted by Crippen LogP contribution is 2.42. The minimum atomic E-state index is -5.08. The Morgan fingerprint density at radius 1 is 0.972 bits per heavy atom. The van der Waals surface area contributed by atoms with Crippen molar-refractivity contribution in [2.45, 2.75) is 83.0 Å². The van der Waals surface area contributed by atoms with Crippen LogP contribution in [0.2, 0.25) is 0 Å². The number of benzene rings is 1. The number of likely N-dealkylation sites (tertiary alicyclic amines) is 1. The molecule has 3 aliphatic rings. The molecule has 200 valence electrons. The molecule has 1 aliphatic carbocycles. The summed E-state index contributed by atoms with van der Waals surface area (Å²) in [5.41, 5.74) is 1.81. The van der Waals surface area contributed by atoms with E-state index < -0.39 is 24.0 Å². The summed E-state index contributed by atoms with van der Waals surface area (Å²) in [6.45, 7) is 6.77. The fraction of sp³-hybridized carbons (Fsp3) is 0.654. The first-order valence-electron chi connectivity index (χ1n) is 12.6. The van der Waals surface area contributed by atoms with Gasteiger partial charge >= 0.3 is 18.1 Å². The second kappa shape index (κ2) is 11.6. The number of amides is 1. The highest BCUT2D eigenvalue weighted by Gasteiger charge is 2.43. The molecule has 1 aromatic rings. The highest BCUT2D eigenvalue weighted by atomic mass is 19.4. The van der Waals surface area contributed by atoms with E-state index in [9.17, 15) is 27.9 Å². The van der Waals surface area contributed by atoms with Gasteiger partial charge in [-0.3, -0.25) is 9.59 Å². The van der Waals surface area contributed by atoms with E-state index in [0.717, 1.165) is 49.0 Å². The van der Waals surface area contributed by atoms with Crippen LogP contribution in [0.15, 0.2) is 24.3 Å². The molecule has 10 heteroatoms. The number of alkyl halides is 3. The lowest BCUT2D eigenvalue weighted by atomic mass is 9.79. The lowest BCUT2D eigenvalue weighted by Crippen LogP contribution is -2.50. The molecule has 2 N–H and O–H groups in total. The smallest absolute Gasteiger partial charge is 0.481 e. The van der Waals surface area contributed by atoms with Crippen LogP contribution >= 0.6 is 0 Å². The number of hydrogen-bond donors (Lipinski definition) is 2. The number of carboxylic acids is 2. The molecule has 2 aliphatic heterocycles. The second-order valence-electron chi connectivity index (χ2n) is 10.3. The Bertz CT molecular complexity index is 936. The van der Waals surface area contributed by atoms with Crippen molar-refractivity contribution in [3.8, 4) is 0 Å². The van der Waals surface area contributed by atoms with Crippen molar-refractivity contribution in [3.63, 3.8) is 0 Å². The monoisotopic (exact) mass is 512 g/mol. The zero-order chi connectivity index (χ0) is 26.6. The summed E-state index contributed by atoms with van der Waals surface area (Å²) in [7, 11) is 0. The maximum absolute atomic E-state index is 13.1. The van der Waals surface area contributed by atoms with E-state index in [-0.39, 0.29) is 18.4 Å². The molecule has 0 aromatic heterocycles. The highest BCUT2D eigenvalue weighted by molar-refractivity contribution is 6.06. The first-order chi connectivity index (χ1) is 16.9. The van der Waals surface area contributed by atoms with Crippen molar-refractivity contribution in [1.82, 2.24) is 4.90 Å². The zero-order valence-electron chi connectivity index (χ0n) is 20.7. The Morgan fingerprint density at radius 3 is 2.03 bits per heavy atom. The average molecular weight is 513 g/mol. The van der Waals surface area contributed by atoms with E-state index in [1.54, 1.807) is 0 Å². The van der Waals surface area contributed by atoms with Crippen molar-refractivity contribution in [2.75, 3.05) is 18.0 Å². The number of carbonyl (C=O) groups is 3. The summed E-state index contributed by atoms with van der Waals surface area (Å²) in [5.74, 6) is -2.55. The van der Waals surface area contributed by atoms with Crippen LogP contribution in [0.1, 0.15) is 70.3 Å². The Kier molecular flexibility index (Phi) is 9.03. The van der Waals surface area contributed by atoms with Crippen molar-refractivity contribution in [1.29, 1.82) is 0 Å². The number of carbonyl (C=O) groups excluding carboxylic acids is 1. The molecule has 1 unspecified atom stereocenters. The largest absolute Gasteiger partial charge is 0.490 e. The number of anilines is 1. The number of para-hydroxylation sites is 1. The van der Waals surface area contributed by atoms with Crippen LogP contribution in [-0.4, -0.2) is 64.3 Å². The molecule has 0 radical (unpaired) electrons. The number of carboxylic acid groups (broad SMARTS) is 2. The summed E-state index contributed by atoms with van der Waals surface area (Å²) in [5, 5.41) is 16.4. The first-order valence-corrected chi connectivity index (χ1v) is 12.6. The molecule has 1 amide bonds. The number of nitrogens with zero attached hydrogens (tertiary/aromatic N) is 2. The van der Waals surface area contributed by atoms with Gasteiger partial charge in [-0.05, 0) is 62.0 Å². The molecule has 7 nitrogen and oxygen atoms in total. The van der Waals surface area contributed by atoms with Gasteiger partial charge in [-0.15, -0.1) is 0 Å². The van der Waals surface area contributed by atoms with Gasteiger partial charge in [-0.2, -0.15) is 13.2 Å². The normalized spacial score (nSPS) is 25.3. The van der Waals surface area contributed by atoms with Crippen molar-refractivity contribution in [2.24, 2.45) is 11.8 Å². The van der Waals surface area contributed by atoms with Gasteiger partial charge < -0.3 is 20.0 Å². The number of piperidine rings is 1. The first kappa shape index (κ1) is 28.0. The Balaban J connectivity index is 0.000000454. The molecular formula is C26H35F3N2O5. The van der Waals surface area contributed by atoms with Crippen LogP contribution < -0.4 is 4.90 Å². The van der Waals surface area contributed by atoms with Crippen LogP contribution in [0.4, 0.5) is 18.9 Å². The summed E-state index contributed by atoms with van der Waals surface area (Å²) < 4.78 is 31.7. The topological polar surface area (TPSA) is 98.2 Å². The van der Waals surface area contributed by atoms with E-state index >= 15 is 0 Å². The van der Waals surface area contributed by atoms with Gasteiger partial charge in [0.05, 0.1) is 12.3 Å². The molecule has 0 bridgehead atoms. The van der Waals surface area contributed by atoms with E-state index in [2.05, 4.69) is 18.7 Å². The van der Waals surface area contributed by atoms with Crippen LogP contribution in [-0.2, 0) is 14.4 Å². The van der Waals surface area contributed by atoms with Crippen LogP contribution in [0, 0.1) is 11.8 Å². The van der Waals surface area contributed by atoms with Gasteiger partial charge in [0.1, 0.15) is 0 Å². The number of fused-ring (bicyclic) bond motifs is 1.